The second-order valence-corrected chi connectivity index (χ2v) is 11.2. The minimum Gasteiger partial charge on any atom is -0.390 e. The maximum Gasteiger partial charge on any atom is 0.416 e. The normalized spacial score (nSPS) is 29.5. The quantitative estimate of drug-likeness (QED) is 0.432. The van der Waals surface area contributed by atoms with Gasteiger partial charge in [0.1, 0.15) is 0 Å². The summed E-state index contributed by atoms with van der Waals surface area (Å²) in [7, 11) is 0. The van der Waals surface area contributed by atoms with Gasteiger partial charge in [0.05, 0.1) is 11.2 Å². The lowest BCUT2D eigenvalue weighted by Gasteiger charge is -2.43. The largest absolute Gasteiger partial charge is 0.416 e. The molecule has 3 aliphatic rings. The number of alkyl halides is 3. The van der Waals surface area contributed by atoms with E-state index in [0.717, 1.165) is 69.4 Å². The van der Waals surface area contributed by atoms with Crippen LogP contribution < -0.4 is 5.32 Å². The van der Waals surface area contributed by atoms with Crippen LogP contribution in [-0.2, 0) is 6.18 Å². The molecule has 0 saturated carbocycles. The van der Waals surface area contributed by atoms with Crippen LogP contribution in [0.15, 0.2) is 42.5 Å². The fraction of sp³-hybridized carbons (Fsp3) is 0.655. The molecule has 3 nitrogen and oxygen atoms in total. The fourth-order valence-corrected chi connectivity index (χ4v) is 6.31. The van der Waals surface area contributed by atoms with Crippen molar-refractivity contribution in [3.8, 4) is 0 Å². The van der Waals surface area contributed by atoms with Crippen molar-refractivity contribution < 1.29 is 18.3 Å². The highest BCUT2D eigenvalue weighted by molar-refractivity contribution is 5.58. The highest BCUT2D eigenvalue weighted by Gasteiger charge is 2.39. The second kappa shape index (κ2) is 10.7. The first kappa shape index (κ1) is 26.3. The van der Waals surface area contributed by atoms with Gasteiger partial charge in [-0.15, -0.1) is 0 Å². The van der Waals surface area contributed by atoms with Crippen LogP contribution in [0.1, 0.15) is 76.3 Å². The van der Waals surface area contributed by atoms with Crippen molar-refractivity contribution in [1.82, 2.24) is 4.90 Å². The van der Waals surface area contributed by atoms with Crippen LogP contribution >= 0.6 is 0 Å². The molecule has 194 valence electrons. The SMILES string of the molecule is CCC1(O)CCN(C[C@H](C)CC[C@@H]2[C@H](C)c3cc(C(F)(F)F)ccc3N[C@H]2C2C=CC=CC2)CC1. The summed E-state index contributed by atoms with van der Waals surface area (Å²) in [6, 6.07) is 4.39. The van der Waals surface area contributed by atoms with Gasteiger partial charge >= 0.3 is 6.18 Å². The number of fused-ring (bicyclic) bond motifs is 1. The molecule has 0 bridgehead atoms. The lowest BCUT2D eigenvalue weighted by Crippen LogP contribution is -2.45. The fourth-order valence-electron chi connectivity index (χ4n) is 6.31. The zero-order valence-corrected chi connectivity index (χ0v) is 21.3. The van der Waals surface area contributed by atoms with Crippen LogP contribution in [0.3, 0.4) is 0 Å². The van der Waals surface area contributed by atoms with Crippen LogP contribution in [0, 0.1) is 17.8 Å². The van der Waals surface area contributed by atoms with E-state index in [4.69, 9.17) is 0 Å². The topological polar surface area (TPSA) is 35.5 Å². The summed E-state index contributed by atoms with van der Waals surface area (Å²) >= 11 is 0. The Bertz CT molecular complexity index is 917. The van der Waals surface area contributed by atoms with Gasteiger partial charge in [0.15, 0.2) is 0 Å². The molecular weight excluding hydrogens is 449 g/mol. The number of benzene rings is 1. The third-order valence-corrected chi connectivity index (χ3v) is 8.78. The number of rotatable bonds is 7. The van der Waals surface area contributed by atoms with E-state index in [1.54, 1.807) is 6.07 Å². The average molecular weight is 491 g/mol. The third kappa shape index (κ3) is 6.14. The molecule has 2 heterocycles. The number of piperidine rings is 1. The van der Waals surface area contributed by atoms with E-state index < -0.39 is 17.3 Å². The molecule has 0 spiro atoms. The Morgan fingerprint density at radius 1 is 1.20 bits per heavy atom. The Kier molecular flexibility index (Phi) is 8.02. The summed E-state index contributed by atoms with van der Waals surface area (Å²) in [5.41, 5.74) is 0.576. The number of aliphatic hydroxyl groups is 1. The molecule has 1 fully saturated rings. The van der Waals surface area contributed by atoms with Crippen molar-refractivity contribution in [3.05, 3.63) is 53.6 Å². The Morgan fingerprint density at radius 2 is 1.94 bits per heavy atom. The number of likely N-dealkylation sites (tertiary alicyclic amines) is 1. The zero-order valence-electron chi connectivity index (χ0n) is 21.3. The molecule has 1 saturated heterocycles. The van der Waals surface area contributed by atoms with Crippen molar-refractivity contribution in [2.75, 3.05) is 25.0 Å². The number of hydrogen-bond donors (Lipinski definition) is 2. The average Bonchev–Trinajstić information content (AvgIpc) is 2.84. The summed E-state index contributed by atoms with van der Waals surface area (Å²) in [5, 5.41) is 14.2. The van der Waals surface area contributed by atoms with Gasteiger partial charge < -0.3 is 15.3 Å². The van der Waals surface area contributed by atoms with Crippen LogP contribution in [-0.4, -0.2) is 41.3 Å². The van der Waals surface area contributed by atoms with E-state index in [0.29, 0.717) is 11.8 Å². The summed E-state index contributed by atoms with van der Waals surface area (Å²) in [6.07, 6.45) is 9.74. The molecule has 1 unspecified atom stereocenters. The Labute approximate surface area is 208 Å². The van der Waals surface area contributed by atoms with Gasteiger partial charge in [0, 0.05) is 37.3 Å². The highest BCUT2D eigenvalue weighted by atomic mass is 19.4. The van der Waals surface area contributed by atoms with E-state index in [1.807, 2.05) is 0 Å². The van der Waals surface area contributed by atoms with E-state index >= 15 is 0 Å². The van der Waals surface area contributed by atoms with E-state index in [9.17, 15) is 18.3 Å². The summed E-state index contributed by atoms with van der Waals surface area (Å²) in [6.45, 7) is 9.34. The van der Waals surface area contributed by atoms with Crippen molar-refractivity contribution >= 4 is 5.69 Å². The van der Waals surface area contributed by atoms with Crippen molar-refractivity contribution in [3.63, 3.8) is 0 Å². The van der Waals surface area contributed by atoms with Crippen molar-refractivity contribution in [2.45, 2.75) is 83.0 Å². The van der Waals surface area contributed by atoms with E-state index in [2.05, 4.69) is 55.3 Å². The number of halogens is 3. The predicted octanol–water partition coefficient (Wildman–Crippen LogP) is 7.00. The lowest BCUT2D eigenvalue weighted by atomic mass is 9.70. The zero-order chi connectivity index (χ0) is 25.2. The van der Waals surface area contributed by atoms with Crippen LogP contribution in [0.5, 0.6) is 0 Å². The van der Waals surface area contributed by atoms with Gasteiger partial charge in [-0.3, -0.25) is 0 Å². The number of anilines is 1. The molecule has 2 N–H and O–H groups in total. The minimum atomic E-state index is -4.33. The molecule has 4 rings (SSSR count). The van der Waals surface area contributed by atoms with Crippen LogP contribution in [0.2, 0.25) is 0 Å². The van der Waals surface area contributed by atoms with Gasteiger partial charge in [-0.1, -0.05) is 45.1 Å². The molecule has 0 aromatic heterocycles. The number of nitrogens with zero attached hydrogens (tertiary/aromatic N) is 1. The number of allylic oxidation sites excluding steroid dienone is 3. The molecule has 6 heteroatoms. The standard InChI is InChI=1S/C29H41F3N2O/c1-4-28(35)14-16-34(17-15-28)19-20(2)10-12-24-21(3)25-18-23(29(30,31)32)11-13-26(25)33-27(24)22-8-6-5-7-9-22/h5-8,11,13,18,20-22,24,27,33,35H,4,9-10,12,14-17,19H2,1-3H3/t20-,21+,22?,24-,27+/m1/s1. The third-order valence-electron chi connectivity index (χ3n) is 8.78. The molecule has 35 heavy (non-hydrogen) atoms. The molecule has 1 aromatic carbocycles. The van der Waals surface area contributed by atoms with E-state index in [1.165, 1.54) is 12.1 Å². The van der Waals surface area contributed by atoms with Gasteiger partial charge in [-0.25, -0.2) is 0 Å². The molecule has 5 atom stereocenters. The van der Waals surface area contributed by atoms with Crippen LogP contribution in [0.25, 0.3) is 0 Å². The number of hydrogen-bond acceptors (Lipinski definition) is 3. The van der Waals surface area contributed by atoms with Gasteiger partial charge in [0.25, 0.3) is 0 Å². The Morgan fingerprint density at radius 3 is 2.57 bits per heavy atom. The smallest absolute Gasteiger partial charge is 0.390 e. The highest BCUT2D eigenvalue weighted by Crippen LogP contribution is 2.46. The Balaban J connectivity index is 1.45. The summed E-state index contributed by atoms with van der Waals surface area (Å²) < 4.78 is 40.3. The number of nitrogens with one attached hydrogen (secondary N) is 1. The van der Waals surface area contributed by atoms with Crippen molar-refractivity contribution in [1.29, 1.82) is 0 Å². The first-order chi connectivity index (χ1) is 16.6. The van der Waals surface area contributed by atoms with Gasteiger partial charge in [0.2, 0.25) is 0 Å². The summed E-state index contributed by atoms with van der Waals surface area (Å²) in [4.78, 5) is 2.47. The van der Waals surface area contributed by atoms with E-state index in [-0.39, 0.29) is 17.9 Å². The molecular formula is C29H41F3N2O. The monoisotopic (exact) mass is 490 g/mol. The minimum absolute atomic E-state index is 0.0552. The molecule has 0 amide bonds. The maximum absolute atomic E-state index is 13.4. The maximum atomic E-state index is 13.4. The molecule has 1 aliphatic carbocycles. The van der Waals surface area contributed by atoms with Gasteiger partial charge in [-0.05, 0) is 80.0 Å². The second-order valence-electron chi connectivity index (χ2n) is 11.2. The van der Waals surface area contributed by atoms with Crippen LogP contribution in [0.4, 0.5) is 18.9 Å². The van der Waals surface area contributed by atoms with Gasteiger partial charge in [-0.2, -0.15) is 13.2 Å². The molecule has 2 aliphatic heterocycles. The first-order valence-corrected chi connectivity index (χ1v) is 13.4. The predicted molar refractivity (Wildman–Crippen MR) is 136 cm³/mol. The molecule has 1 aromatic rings. The Hall–Kier alpha value is -1.79. The molecule has 0 radical (unpaired) electrons. The summed E-state index contributed by atoms with van der Waals surface area (Å²) in [5.74, 6) is 1.16. The lowest BCUT2D eigenvalue weighted by molar-refractivity contribution is -0.137. The van der Waals surface area contributed by atoms with Crippen molar-refractivity contribution in [2.24, 2.45) is 17.8 Å². The first-order valence-electron chi connectivity index (χ1n) is 13.4.